The molecule has 4 nitrogen and oxygen atoms in total. The number of rotatable bonds is 6. The maximum atomic E-state index is 13.7. The summed E-state index contributed by atoms with van der Waals surface area (Å²) < 4.78 is 53.9. The maximum absolute atomic E-state index is 13.7. The number of nitrogens with zero attached hydrogens (tertiary/aromatic N) is 1. The largest absolute Gasteiger partial charge is 0.383 e. The average molecular weight is 389 g/mol. The Kier molecular flexibility index (Phi) is 6.60. The fraction of sp³-hybridized carbons (Fsp3) is 0.353. The van der Waals surface area contributed by atoms with Crippen LogP contribution in [0.15, 0.2) is 28.6 Å². The number of guanidine groups is 1. The number of aliphatic imine (C=N–C) groups is 1. The molecule has 0 saturated carbocycles. The molecule has 9 heteroatoms. The fourth-order valence-corrected chi connectivity index (χ4v) is 2.98. The van der Waals surface area contributed by atoms with Crippen molar-refractivity contribution in [2.24, 2.45) is 4.99 Å². The summed E-state index contributed by atoms with van der Waals surface area (Å²) in [4.78, 5) is 4.67. The zero-order valence-corrected chi connectivity index (χ0v) is 15.1. The molecular weight excluding hydrogens is 370 g/mol. The van der Waals surface area contributed by atoms with Crippen molar-refractivity contribution in [3.8, 4) is 0 Å². The highest BCUT2D eigenvalue weighted by Gasteiger charge is 2.24. The van der Waals surface area contributed by atoms with Crippen molar-refractivity contribution in [1.29, 1.82) is 0 Å². The van der Waals surface area contributed by atoms with Gasteiger partial charge in [0.1, 0.15) is 5.60 Å². The van der Waals surface area contributed by atoms with E-state index < -0.39 is 41.0 Å². The van der Waals surface area contributed by atoms with E-state index in [1.54, 1.807) is 26.0 Å². The summed E-state index contributed by atoms with van der Waals surface area (Å²) in [5.74, 6) is -5.77. The fourth-order valence-electron chi connectivity index (χ4n) is 2.19. The number of hydrogen-bond donors (Lipinski definition) is 3. The standard InChI is InChI=1S/C17H19F4N3OS/c1-3-22-16(24-9-17(2,25)13-5-4-6-26-13)23-8-10-14(20)11(18)7-12(19)15(10)21/h4-7,25H,3,8-9H2,1-2H3,(H2,22,23,24). The predicted octanol–water partition coefficient (Wildman–Crippen LogP) is 3.27. The molecule has 142 valence electrons. The Labute approximate surface area is 152 Å². The molecule has 0 spiro atoms. The SMILES string of the molecule is CCNC(=NCc1c(F)c(F)cc(F)c1F)NCC(C)(O)c1cccs1. The van der Waals surface area contributed by atoms with Crippen molar-refractivity contribution >= 4 is 17.3 Å². The van der Waals surface area contributed by atoms with Gasteiger partial charge in [-0.1, -0.05) is 6.07 Å². The van der Waals surface area contributed by atoms with Crippen molar-refractivity contribution in [1.82, 2.24) is 10.6 Å². The summed E-state index contributed by atoms with van der Waals surface area (Å²) in [6, 6.07) is 3.73. The number of thiophene rings is 1. The number of halogens is 4. The molecule has 1 atom stereocenters. The van der Waals surface area contributed by atoms with Gasteiger partial charge in [0.05, 0.1) is 18.7 Å². The van der Waals surface area contributed by atoms with E-state index in [1.807, 2.05) is 5.38 Å². The highest BCUT2D eigenvalue weighted by molar-refractivity contribution is 7.10. The molecule has 1 heterocycles. The van der Waals surface area contributed by atoms with Crippen LogP contribution in [0.25, 0.3) is 0 Å². The Morgan fingerprint density at radius 1 is 1.19 bits per heavy atom. The molecule has 0 saturated heterocycles. The number of hydrogen-bond acceptors (Lipinski definition) is 3. The smallest absolute Gasteiger partial charge is 0.191 e. The van der Waals surface area contributed by atoms with Crippen LogP contribution in [0, 0.1) is 23.3 Å². The summed E-state index contributed by atoms with van der Waals surface area (Å²) in [5.41, 5.74) is -1.99. The predicted molar refractivity (Wildman–Crippen MR) is 93.0 cm³/mol. The second kappa shape index (κ2) is 8.50. The van der Waals surface area contributed by atoms with Gasteiger partial charge in [-0.15, -0.1) is 11.3 Å². The first kappa shape index (κ1) is 20.2. The number of aliphatic hydroxyl groups is 1. The molecule has 1 aromatic carbocycles. The maximum Gasteiger partial charge on any atom is 0.191 e. The molecular formula is C17H19F4N3OS. The van der Waals surface area contributed by atoms with Gasteiger partial charge in [-0.3, -0.25) is 0 Å². The Morgan fingerprint density at radius 3 is 2.38 bits per heavy atom. The van der Waals surface area contributed by atoms with E-state index in [9.17, 15) is 22.7 Å². The molecule has 1 aromatic heterocycles. The average Bonchev–Trinajstić information content (AvgIpc) is 3.13. The van der Waals surface area contributed by atoms with E-state index in [1.165, 1.54) is 11.3 Å². The van der Waals surface area contributed by atoms with Gasteiger partial charge < -0.3 is 15.7 Å². The normalized spacial score (nSPS) is 14.2. The minimum absolute atomic E-state index is 0.0713. The molecule has 0 bridgehead atoms. The van der Waals surface area contributed by atoms with Gasteiger partial charge in [0, 0.05) is 17.5 Å². The Bertz CT molecular complexity index is 753. The molecule has 1 unspecified atom stereocenters. The van der Waals surface area contributed by atoms with E-state index in [2.05, 4.69) is 15.6 Å². The van der Waals surface area contributed by atoms with Crippen LogP contribution in [0.4, 0.5) is 17.6 Å². The first-order valence-corrected chi connectivity index (χ1v) is 8.74. The van der Waals surface area contributed by atoms with Crippen molar-refractivity contribution in [3.05, 3.63) is 57.3 Å². The lowest BCUT2D eigenvalue weighted by atomic mass is 10.1. The quantitative estimate of drug-likeness (QED) is 0.308. The first-order chi connectivity index (χ1) is 12.3. The molecule has 0 amide bonds. The zero-order chi connectivity index (χ0) is 19.3. The highest BCUT2D eigenvalue weighted by atomic mass is 32.1. The number of nitrogens with one attached hydrogen (secondary N) is 2. The molecule has 0 fully saturated rings. The monoisotopic (exact) mass is 389 g/mol. The minimum Gasteiger partial charge on any atom is -0.383 e. The van der Waals surface area contributed by atoms with Gasteiger partial charge in [-0.05, 0) is 25.3 Å². The number of benzene rings is 1. The van der Waals surface area contributed by atoms with E-state index in [0.29, 0.717) is 6.54 Å². The Balaban J connectivity index is 2.15. The lowest BCUT2D eigenvalue weighted by Crippen LogP contribution is -2.44. The molecule has 26 heavy (non-hydrogen) atoms. The van der Waals surface area contributed by atoms with E-state index in [4.69, 9.17) is 0 Å². The van der Waals surface area contributed by atoms with E-state index >= 15 is 0 Å². The minimum atomic E-state index is -1.48. The summed E-state index contributed by atoms with van der Waals surface area (Å²) in [6.45, 7) is 3.29. The van der Waals surface area contributed by atoms with Crippen molar-refractivity contribution < 1.29 is 22.7 Å². The van der Waals surface area contributed by atoms with Crippen LogP contribution in [-0.2, 0) is 12.1 Å². The molecule has 0 aliphatic rings. The third kappa shape index (κ3) is 4.73. The van der Waals surface area contributed by atoms with Crippen molar-refractivity contribution in [2.75, 3.05) is 13.1 Å². The van der Waals surface area contributed by atoms with Crippen LogP contribution < -0.4 is 10.6 Å². The molecule has 0 aliphatic carbocycles. The topological polar surface area (TPSA) is 56.7 Å². The third-order valence-electron chi connectivity index (χ3n) is 3.59. The van der Waals surface area contributed by atoms with Crippen molar-refractivity contribution in [3.63, 3.8) is 0 Å². The van der Waals surface area contributed by atoms with E-state index in [0.717, 1.165) is 4.88 Å². The third-order valence-corrected chi connectivity index (χ3v) is 4.72. The van der Waals surface area contributed by atoms with Gasteiger partial charge in [0.15, 0.2) is 29.2 Å². The summed E-state index contributed by atoms with van der Waals surface area (Å²) in [6.07, 6.45) is 0. The zero-order valence-electron chi connectivity index (χ0n) is 14.2. The summed E-state index contributed by atoms with van der Waals surface area (Å²) in [5, 5.41) is 18.0. The molecule has 3 N–H and O–H groups in total. The van der Waals surface area contributed by atoms with E-state index in [-0.39, 0.29) is 18.6 Å². The van der Waals surface area contributed by atoms with Gasteiger partial charge in [-0.25, -0.2) is 22.6 Å². The van der Waals surface area contributed by atoms with Crippen molar-refractivity contribution in [2.45, 2.75) is 26.0 Å². The van der Waals surface area contributed by atoms with Crippen LogP contribution in [0.3, 0.4) is 0 Å². The van der Waals surface area contributed by atoms with Gasteiger partial charge >= 0.3 is 0 Å². The van der Waals surface area contributed by atoms with Crippen LogP contribution in [0.1, 0.15) is 24.3 Å². The van der Waals surface area contributed by atoms with Gasteiger partial charge in [-0.2, -0.15) is 0 Å². The Morgan fingerprint density at radius 2 is 1.85 bits per heavy atom. The lowest BCUT2D eigenvalue weighted by Gasteiger charge is -2.23. The summed E-state index contributed by atoms with van der Waals surface area (Å²) in [7, 11) is 0. The second-order valence-electron chi connectivity index (χ2n) is 5.75. The molecule has 0 aliphatic heterocycles. The van der Waals surface area contributed by atoms with Crippen LogP contribution in [0.2, 0.25) is 0 Å². The Hall–Kier alpha value is -2.13. The van der Waals surface area contributed by atoms with Crippen LogP contribution in [0.5, 0.6) is 0 Å². The molecule has 2 rings (SSSR count). The highest BCUT2D eigenvalue weighted by Crippen LogP contribution is 2.24. The molecule has 0 radical (unpaired) electrons. The lowest BCUT2D eigenvalue weighted by molar-refractivity contribution is 0.0655. The van der Waals surface area contributed by atoms with Crippen LogP contribution in [-0.4, -0.2) is 24.2 Å². The van der Waals surface area contributed by atoms with Crippen LogP contribution >= 0.6 is 11.3 Å². The summed E-state index contributed by atoms with van der Waals surface area (Å²) >= 11 is 1.38. The first-order valence-electron chi connectivity index (χ1n) is 7.86. The molecule has 2 aromatic rings. The van der Waals surface area contributed by atoms with Gasteiger partial charge in [0.2, 0.25) is 0 Å². The second-order valence-corrected chi connectivity index (χ2v) is 6.69. The van der Waals surface area contributed by atoms with Gasteiger partial charge in [0.25, 0.3) is 0 Å².